The lowest BCUT2D eigenvalue weighted by molar-refractivity contribution is -0.124. The molecule has 4 heterocycles. The molecule has 190 valence electrons. The quantitative estimate of drug-likeness (QED) is 0.406. The van der Waals surface area contributed by atoms with E-state index in [0.717, 1.165) is 30.4 Å². The second-order valence-corrected chi connectivity index (χ2v) is 9.74. The van der Waals surface area contributed by atoms with E-state index < -0.39 is 0 Å². The van der Waals surface area contributed by atoms with Crippen LogP contribution in [0.3, 0.4) is 0 Å². The number of nitrogens with one attached hydrogen (secondary N) is 1. The molecular weight excluding hydrogens is 480 g/mol. The van der Waals surface area contributed by atoms with Crippen LogP contribution >= 0.6 is 0 Å². The third-order valence-electron chi connectivity index (χ3n) is 6.85. The number of carbonyl (C=O) groups excluding carboxylic acids is 2. The number of benzene rings is 1. The largest absolute Gasteiger partial charge is 0.383 e. The van der Waals surface area contributed by atoms with Crippen molar-refractivity contribution in [3.63, 3.8) is 0 Å². The van der Waals surface area contributed by atoms with Crippen LogP contribution < -0.4 is 11.1 Å². The van der Waals surface area contributed by atoms with Crippen LogP contribution in [0.2, 0.25) is 0 Å². The molecule has 2 aliphatic rings. The van der Waals surface area contributed by atoms with Crippen molar-refractivity contribution in [2.75, 3.05) is 24.1 Å². The number of pyridine rings is 1. The number of anilines is 2. The molecule has 0 spiro atoms. The first-order valence-corrected chi connectivity index (χ1v) is 12.6. The molecule has 1 saturated heterocycles. The Morgan fingerprint density at radius 2 is 1.89 bits per heavy atom. The van der Waals surface area contributed by atoms with E-state index in [1.54, 1.807) is 23.2 Å². The Hall–Kier alpha value is -4.78. The molecule has 1 aliphatic heterocycles. The number of aromatic nitrogens is 5. The molecule has 3 aromatic heterocycles. The molecule has 1 aromatic carbocycles. The lowest BCUT2D eigenvalue weighted by Crippen LogP contribution is -2.28. The normalized spacial score (nSPS) is 16.8. The molecule has 10 nitrogen and oxygen atoms in total. The SMILES string of the molecule is Cc1ccnc(NC(=O)c2ccc(-c3nn(C4CCN(C(=O)C#CC5CC5)C4)c4ncnc(N)c34)cc2)c1. The van der Waals surface area contributed by atoms with Gasteiger partial charge in [-0.1, -0.05) is 18.1 Å². The summed E-state index contributed by atoms with van der Waals surface area (Å²) in [6.07, 6.45) is 5.99. The molecule has 0 bridgehead atoms. The molecule has 3 N–H and O–H groups in total. The van der Waals surface area contributed by atoms with E-state index in [4.69, 9.17) is 10.8 Å². The molecular formula is C28H26N8O2. The number of likely N-dealkylation sites (tertiary alicyclic amines) is 1. The van der Waals surface area contributed by atoms with Crippen molar-refractivity contribution in [2.24, 2.45) is 5.92 Å². The van der Waals surface area contributed by atoms with Crippen molar-refractivity contribution in [3.05, 3.63) is 60.0 Å². The number of hydrogen-bond donors (Lipinski definition) is 2. The summed E-state index contributed by atoms with van der Waals surface area (Å²) in [5, 5.41) is 8.35. The summed E-state index contributed by atoms with van der Waals surface area (Å²) in [5.74, 6) is 6.65. The van der Waals surface area contributed by atoms with Gasteiger partial charge < -0.3 is 16.0 Å². The van der Waals surface area contributed by atoms with Gasteiger partial charge in [0.2, 0.25) is 0 Å². The fraction of sp³-hybridized carbons (Fsp3) is 0.286. The molecule has 10 heteroatoms. The van der Waals surface area contributed by atoms with Crippen molar-refractivity contribution in [1.29, 1.82) is 0 Å². The fourth-order valence-electron chi connectivity index (χ4n) is 4.62. The highest BCUT2D eigenvalue weighted by Gasteiger charge is 2.30. The van der Waals surface area contributed by atoms with Crippen LogP contribution in [0.4, 0.5) is 11.6 Å². The smallest absolute Gasteiger partial charge is 0.298 e. The van der Waals surface area contributed by atoms with Crippen LogP contribution in [-0.2, 0) is 4.79 Å². The van der Waals surface area contributed by atoms with E-state index in [-0.39, 0.29) is 17.9 Å². The highest BCUT2D eigenvalue weighted by molar-refractivity contribution is 6.04. The molecule has 2 amide bonds. The van der Waals surface area contributed by atoms with E-state index in [1.807, 2.05) is 35.9 Å². The highest BCUT2D eigenvalue weighted by atomic mass is 16.2. The van der Waals surface area contributed by atoms with Gasteiger partial charge in [0.05, 0.1) is 11.4 Å². The Kier molecular flexibility index (Phi) is 5.96. The minimum atomic E-state index is -0.256. The topological polar surface area (TPSA) is 132 Å². The molecule has 2 fully saturated rings. The zero-order valence-corrected chi connectivity index (χ0v) is 20.9. The number of rotatable bonds is 4. The highest BCUT2D eigenvalue weighted by Crippen LogP contribution is 2.34. The molecule has 1 aliphatic carbocycles. The van der Waals surface area contributed by atoms with E-state index in [1.165, 1.54) is 6.33 Å². The minimum absolute atomic E-state index is 0.0564. The molecule has 1 unspecified atom stereocenters. The minimum Gasteiger partial charge on any atom is -0.383 e. The van der Waals surface area contributed by atoms with Gasteiger partial charge in [0, 0.05) is 36.3 Å². The predicted octanol–water partition coefficient (Wildman–Crippen LogP) is 3.22. The number of aryl methyl sites for hydroxylation is 1. The van der Waals surface area contributed by atoms with Crippen molar-refractivity contribution < 1.29 is 9.59 Å². The maximum Gasteiger partial charge on any atom is 0.298 e. The van der Waals surface area contributed by atoms with Crippen molar-refractivity contribution >= 4 is 34.5 Å². The summed E-state index contributed by atoms with van der Waals surface area (Å²) in [7, 11) is 0. The van der Waals surface area contributed by atoms with E-state index in [0.29, 0.717) is 52.9 Å². The standard InChI is InChI=1S/C28H26N8O2/c1-17-10-12-30-22(14-17)33-28(38)20-7-5-19(6-8-20)25-24-26(29)31-16-32-27(24)36(34-25)21-11-13-35(15-21)23(37)9-4-18-2-3-18/h5-8,10,12,14,16,18,21H,2-3,11,13,15H2,1H3,(H2,29,31,32)(H,30,33,38). The molecule has 0 radical (unpaired) electrons. The first kappa shape index (κ1) is 23.6. The third kappa shape index (κ3) is 4.66. The zero-order valence-electron chi connectivity index (χ0n) is 20.9. The van der Waals surface area contributed by atoms with Gasteiger partial charge in [-0.3, -0.25) is 9.59 Å². The predicted molar refractivity (Wildman–Crippen MR) is 143 cm³/mol. The average Bonchev–Trinajstić information content (AvgIpc) is 3.46. The average molecular weight is 507 g/mol. The molecule has 1 saturated carbocycles. The molecule has 1 atom stereocenters. The Morgan fingerprint density at radius 1 is 1.08 bits per heavy atom. The Labute approximate surface area is 219 Å². The van der Waals surface area contributed by atoms with E-state index in [9.17, 15) is 9.59 Å². The van der Waals surface area contributed by atoms with Crippen LogP contribution in [0.25, 0.3) is 22.3 Å². The molecule has 38 heavy (non-hydrogen) atoms. The van der Waals surface area contributed by atoms with Gasteiger partial charge in [0.1, 0.15) is 23.7 Å². The first-order valence-electron chi connectivity index (χ1n) is 12.6. The van der Waals surface area contributed by atoms with Gasteiger partial charge in [0.15, 0.2) is 5.65 Å². The summed E-state index contributed by atoms with van der Waals surface area (Å²) in [4.78, 5) is 39.9. The lowest BCUT2D eigenvalue weighted by Gasteiger charge is -2.14. The number of fused-ring (bicyclic) bond motifs is 1. The maximum absolute atomic E-state index is 12.7. The van der Waals surface area contributed by atoms with E-state index >= 15 is 0 Å². The second-order valence-electron chi connectivity index (χ2n) is 9.74. The van der Waals surface area contributed by atoms with Gasteiger partial charge in [-0.05, 0) is 61.9 Å². The van der Waals surface area contributed by atoms with Crippen LogP contribution in [-0.4, -0.2) is 54.5 Å². The van der Waals surface area contributed by atoms with Crippen molar-refractivity contribution in [3.8, 4) is 23.1 Å². The van der Waals surface area contributed by atoms with Crippen molar-refractivity contribution in [2.45, 2.75) is 32.2 Å². The molecule has 6 rings (SSSR count). The molecule has 4 aromatic rings. The number of nitrogens with two attached hydrogens (primary N) is 1. The number of nitrogens with zero attached hydrogens (tertiary/aromatic N) is 6. The number of carbonyl (C=O) groups is 2. The summed E-state index contributed by atoms with van der Waals surface area (Å²) < 4.78 is 1.84. The summed E-state index contributed by atoms with van der Waals surface area (Å²) in [6.45, 7) is 3.05. The summed E-state index contributed by atoms with van der Waals surface area (Å²) in [5.41, 5.74) is 9.79. The van der Waals surface area contributed by atoms with Crippen LogP contribution in [0.1, 0.15) is 41.2 Å². The number of nitrogen functional groups attached to an aromatic ring is 1. The zero-order chi connectivity index (χ0) is 26.2. The van der Waals surface area contributed by atoms with Gasteiger partial charge >= 0.3 is 0 Å². The monoisotopic (exact) mass is 506 g/mol. The Bertz CT molecular complexity index is 1610. The van der Waals surface area contributed by atoms with Gasteiger partial charge in [0.25, 0.3) is 11.8 Å². The fourth-order valence-corrected chi connectivity index (χ4v) is 4.62. The third-order valence-corrected chi connectivity index (χ3v) is 6.85. The Morgan fingerprint density at radius 3 is 2.66 bits per heavy atom. The van der Waals surface area contributed by atoms with Gasteiger partial charge in [-0.15, -0.1) is 0 Å². The second kappa shape index (κ2) is 9.59. The summed E-state index contributed by atoms with van der Waals surface area (Å²) in [6, 6.07) is 10.8. The number of hydrogen-bond acceptors (Lipinski definition) is 7. The van der Waals surface area contributed by atoms with E-state index in [2.05, 4.69) is 32.1 Å². The summed E-state index contributed by atoms with van der Waals surface area (Å²) >= 11 is 0. The van der Waals surface area contributed by atoms with Crippen LogP contribution in [0.5, 0.6) is 0 Å². The number of amides is 2. The van der Waals surface area contributed by atoms with Crippen LogP contribution in [0.15, 0.2) is 48.9 Å². The Balaban J connectivity index is 1.26. The van der Waals surface area contributed by atoms with Crippen molar-refractivity contribution in [1.82, 2.24) is 29.6 Å². The first-order chi connectivity index (χ1) is 18.5. The maximum atomic E-state index is 12.7. The van der Waals surface area contributed by atoms with Gasteiger partial charge in [-0.2, -0.15) is 5.10 Å². The lowest BCUT2D eigenvalue weighted by atomic mass is 10.1. The van der Waals surface area contributed by atoms with Gasteiger partial charge in [-0.25, -0.2) is 19.6 Å². The van der Waals surface area contributed by atoms with Crippen LogP contribution in [0, 0.1) is 24.7 Å².